The maximum Gasteiger partial charge on any atom is 0.236 e. The summed E-state index contributed by atoms with van der Waals surface area (Å²) < 4.78 is 5.51. The van der Waals surface area contributed by atoms with Gasteiger partial charge in [0, 0.05) is 38.6 Å². The minimum atomic E-state index is -0.0592. The highest BCUT2D eigenvalue weighted by Gasteiger charge is 2.30. The Bertz CT molecular complexity index is 578. The van der Waals surface area contributed by atoms with Gasteiger partial charge in [-0.1, -0.05) is 30.3 Å². The van der Waals surface area contributed by atoms with Crippen molar-refractivity contribution in [1.29, 1.82) is 0 Å². The second kappa shape index (κ2) is 7.77. The van der Waals surface area contributed by atoms with Gasteiger partial charge in [-0.05, 0) is 12.5 Å². The van der Waals surface area contributed by atoms with E-state index in [1.54, 1.807) is 0 Å². The Morgan fingerprint density at radius 2 is 2.08 bits per heavy atom. The van der Waals surface area contributed by atoms with Crippen molar-refractivity contribution < 1.29 is 14.3 Å². The third-order valence-corrected chi connectivity index (χ3v) is 4.66. The Morgan fingerprint density at radius 3 is 2.83 bits per heavy atom. The van der Waals surface area contributed by atoms with Gasteiger partial charge in [-0.2, -0.15) is 0 Å². The van der Waals surface area contributed by atoms with E-state index in [9.17, 15) is 9.59 Å². The molecule has 1 aromatic rings. The number of carbonyl (C=O) groups is 2. The Hall–Kier alpha value is -1.92. The Balaban J connectivity index is 1.73. The number of nitrogens with one attached hydrogen (secondary N) is 1. The fourth-order valence-electron chi connectivity index (χ4n) is 3.38. The normalized spacial score (nSPS) is 25.9. The summed E-state index contributed by atoms with van der Waals surface area (Å²) in [5, 5.41) is 2.91. The van der Waals surface area contributed by atoms with E-state index in [0.29, 0.717) is 45.8 Å². The Kier molecular flexibility index (Phi) is 5.48. The number of morpholine rings is 1. The largest absolute Gasteiger partial charge is 0.375 e. The molecule has 6 heteroatoms. The van der Waals surface area contributed by atoms with Gasteiger partial charge in [0.05, 0.1) is 19.3 Å². The van der Waals surface area contributed by atoms with E-state index < -0.39 is 0 Å². The molecule has 2 aliphatic rings. The van der Waals surface area contributed by atoms with Crippen LogP contribution in [0, 0.1) is 0 Å². The van der Waals surface area contributed by atoms with Gasteiger partial charge in [-0.25, -0.2) is 0 Å². The van der Waals surface area contributed by atoms with E-state index in [1.165, 1.54) is 0 Å². The van der Waals surface area contributed by atoms with Crippen molar-refractivity contribution in [2.45, 2.75) is 25.5 Å². The maximum atomic E-state index is 12.7. The van der Waals surface area contributed by atoms with Crippen LogP contribution in [0.15, 0.2) is 30.3 Å². The Morgan fingerprint density at radius 1 is 1.29 bits per heavy atom. The molecular formula is C18H25N3O3. The maximum absolute atomic E-state index is 12.7. The molecule has 130 valence electrons. The number of nitrogens with zero attached hydrogens (tertiary/aromatic N) is 2. The van der Waals surface area contributed by atoms with Crippen LogP contribution in [0.4, 0.5) is 0 Å². The van der Waals surface area contributed by atoms with Crippen LogP contribution < -0.4 is 5.32 Å². The quantitative estimate of drug-likeness (QED) is 0.890. The van der Waals surface area contributed by atoms with Crippen LogP contribution in [0.5, 0.6) is 0 Å². The molecule has 2 amide bonds. The van der Waals surface area contributed by atoms with Crippen LogP contribution in [0.1, 0.15) is 24.9 Å². The summed E-state index contributed by atoms with van der Waals surface area (Å²) in [6.45, 7) is 5.45. The van der Waals surface area contributed by atoms with Gasteiger partial charge in [-0.15, -0.1) is 0 Å². The highest BCUT2D eigenvalue weighted by Crippen LogP contribution is 2.25. The minimum absolute atomic E-state index is 0.0406. The van der Waals surface area contributed by atoms with Crippen molar-refractivity contribution in [1.82, 2.24) is 15.1 Å². The van der Waals surface area contributed by atoms with Gasteiger partial charge in [-0.3, -0.25) is 14.5 Å². The van der Waals surface area contributed by atoms with Gasteiger partial charge >= 0.3 is 0 Å². The highest BCUT2D eigenvalue weighted by atomic mass is 16.5. The third kappa shape index (κ3) is 4.13. The molecule has 0 spiro atoms. The smallest absolute Gasteiger partial charge is 0.236 e. The first-order valence-corrected chi connectivity index (χ1v) is 8.58. The van der Waals surface area contributed by atoms with E-state index >= 15 is 0 Å². The van der Waals surface area contributed by atoms with Crippen LogP contribution in [0.3, 0.4) is 0 Å². The molecule has 2 aliphatic heterocycles. The first kappa shape index (κ1) is 16.9. The fraction of sp³-hybridized carbons (Fsp3) is 0.556. The van der Waals surface area contributed by atoms with Crippen molar-refractivity contribution in [3.63, 3.8) is 0 Å². The zero-order valence-electron chi connectivity index (χ0n) is 14.1. The third-order valence-electron chi connectivity index (χ3n) is 4.66. The molecule has 2 fully saturated rings. The van der Waals surface area contributed by atoms with E-state index in [4.69, 9.17) is 4.74 Å². The molecule has 0 aromatic heterocycles. The second-order valence-corrected chi connectivity index (χ2v) is 6.47. The van der Waals surface area contributed by atoms with Crippen LogP contribution in [-0.2, 0) is 14.3 Å². The summed E-state index contributed by atoms with van der Waals surface area (Å²) >= 11 is 0. The molecule has 24 heavy (non-hydrogen) atoms. The molecule has 1 aromatic carbocycles. The molecule has 0 aliphatic carbocycles. The van der Waals surface area contributed by atoms with E-state index in [0.717, 1.165) is 5.56 Å². The van der Waals surface area contributed by atoms with E-state index in [2.05, 4.69) is 10.2 Å². The molecule has 1 N–H and O–H groups in total. The van der Waals surface area contributed by atoms with Crippen LogP contribution >= 0.6 is 0 Å². The van der Waals surface area contributed by atoms with Crippen LogP contribution in [-0.4, -0.2) is 67.0 Å². The molecule has 2 unspecified atom stereocenters. The number of ether oxygens (including phenoxy) is 1. The van der Waals surface area contributed by atoms with Crippen molar-refractivity contribution in [2.24, 2.45) is 0 Å². The SMILES string of the molecule is CC1CN(C(=O)CN2CCNC(=O)CC2c2ccccc2)CCO1. The average Bonchev–Trinajstić information content (AvgIpc) is 2.77. The first-order chi connectivity index (χ1) is 11.6. The average molecular weight is 331 g/mol. The number of benzene rings is 1. The molecule has 3 rings (SSSR count). The molecule has 2 heterocycles. The zero-order chi connectivity index (χ0) is 16.9. The lowest BCUT2D eigenvalue weighted by atomic mass is 10.0. The van der Waals surface area contributed by atoms with Crippen molar-refractivity contribution in [2.75, 3.05) is 39.3 Å². The lowest BCUT2D eigenvalue weighted by molar-refractivity contribution is -0.140. The number of rotatable bonds is 3. The summed E-state index contributed by atoms with van der Waals surface area (Å²) in [6, 6.07) is 9.90. The summed E-state index contributed by atoms with van der Waals surface area (Å²) in [7, 11) is 0. The molecule has 0 bridgehead atoms. The van der Waals surface area contributed by atoms with E-state index in [1.807, 2.05) is 42.2 Å². The standard InChI is InChI=1S/C18H25N3O3/c1-14-12-21(9-10-24-14)18(23)13-20-8-7-19-17(22)11-16(20)15-5-3-2-4-6-15/h2-6,14,16H,7-13H2,1H3,(H,19,22). The van der Waals surface area contributed by atoms with Gasteiger partial charge < -0.3 is 15.0 Å². The summed E-state index contributed by atoms with van der Waals surface area (Å²) in [4.78, 5) is 28.7. The molecule has 0 radical (unpaired) electrons. The molecule has 6 nitrogen and oxygen atoms in total. The summed E-state index contributed by atoms with van der Waals surface area (Å²) in [6.07, 6.45) is 0.469. The molecular weight excluding hydrogens is 306 g/mol. The first-order valence-electron chi connectivity index (χ1n) is 8.58. The number of amides is 2. The summed E-state index contributed by atoms with van der Waals surface area (Å²) in [5.41, 5.74) is 1.08. The van der Waals surface area contributed by atoms with Gasteiger partial charge in [0.1, 0.15) is 0 Å². The van der Waals surface area contributed by atoms with Crippen LogP contribution in [0.25, 0.3) is 0 Å². The van der Waals surface area contributed by atoms with Crippen molar-refractivity contribution >= 4 is 11.8 Å². The Labute approximate surface area is 142 Å². The number of hydrogen-bond acceptors (Lipinski definition) is 4. The predicted octanol–water partition coefficient (Wildman–Crippen LogP) is 0.797. The molecule has 0 saturated carbocycles. The highest BCUT2D eigenvalue weighted by molar-refractivity contribution is 5.79. The zero-order valence-corrected chi connectivity index (χ0v) is 14.1. The summed E-state index contributed by atoms with van der Waals surface area (Å²) in [5.74, 6) is 0.152. The fourth-order valence-corrected chi connectivity index (χ4v) is 3.38. The molecule has 2 saturated heterocycles. The van der Waals surface area contributed by atoms with Gasteiger partial charge in [0.15, 0.2) is 0 Å². The van der Waals surface area contributed by atoms with Gasteiger partial charge in [0.2, 0.25) is 11.8 Å². The minimum Gasteiger partial charge on any atom is -0.375 e. The van der Waals surface area contributed by atoms with Crippen molar-refractivity contribution in [3.05, 3.63) is 35.9 Å². The van der Waals surface area contributed by atoms with Crippen LogP contribution in [0.2, 0.25) is 0 Å². The van der Waals surface area contributed by atoms with E-state index in [-0.39, 0.29) is 24.0 Å². The monoisotopic (exact) mass is 331 g/mol. The van der Waals surface area contributed by atoms with Crippen molar-refractivity contribution in [3.8, 4) is 0 Å². The number of hydrogen-bond donors (Lipinski definition) is 1. The topological polar surface area (TPSA) is 61.9 Å². The number of carbonyl (C=O) groups excluding carboxylic acids is 2. The second-order valence-electron chi connectivity index (χ2n) is 6.47. The lowest BCUT2D eigenvalue weighted by Crippen LogP contribution is -2.49. The predicted molar refractivity (Wildman–Crippen MR) is 90.4 cm³/mol. The lowest BCUT2D eigenvalue weighted by Gasteiger charge is -2.34. The molecule has 2 atom stereocenters. The van der Waals surface area contributed by atoms with Gasteiger partial charge in [0.25, 0.3) is 0 Å².